The lowest BCUT2D eigenvalue weighted by Crippen LogP contribution is -2.08. The van der Waals surface area contributed by atoms with Gasteiger partial charge in [-0.15, -0.1) is 11.3 Å². The number of aliphatic carboxylic acids is 1. The third-order valence-electron chi connectivity index (χ3n) is 4.86. The van der Waals surface area contributed by atoms with Crippen LogP contribution in [0.5, 0.6) is 0 Å². The Morgan fingerprint density at radius 1 is 0.966 bits per heavy atom. The van der Waals surface area contributed by atoms with E-state index in [0.29, 0.717) is 10.8 Å². The van der Waals surface area contributed by atoms with Crippen molar-refractivity contribution in [2.75, 3.05) is 5.32 Å². The molecule has 0 atom stereocenters. The monoisotopic (exact) mass is 422 g/mol. The highest BCUT2D eigenvalue weighted by Gasteiger charge is 2.07. The van der Waals surface area contributed by atoms with E-state index in [1.807, 2.05) is 6.08 Å². The van der Waals surface area contributed by atoms with Crippen molar-refractivity contribution >= 4 is 28.3 Å². The molecule has 0 aliphatic rings. The molecule has 0 aliphatic heterocycles. The number of carboxylic acids is 1. The van der Waals surface area contributed by atoms with Crippen LogP contribution in [-0.4, -0.2) is 22.0 Å². The largest absolute Gasteiger partial charge is 0.481 e. The Hall–Kier alpha value is -1.69. The van der Waals surface area contributed by atoms with Gasteiger partial charge in [0.1, 0.15) is 0 Å². The summed E-state index contributed by atoms with van der Waals surface area (Å²) < 4.78 is 0. The fourth-order valence-corrected chi connectivity index (χ4v) is 3.93. The minimum atomic E-state index is -0.925. The molecule has 0 fully saturated rings. The summed E-state index contributed by atoms with van der Waals surface area (Å²) in [5.41, 5.74) is 0.466. The quantitative estimate of drug-likeness (QED) is 0.203. The van der Waals surface area contributed by atoms with Gasteiger partial charge < -0.3 is 5.11 Å². The van der Waals surface area contributed by atoms with E-state index >= 15 is 0 Å². The Morgan fingerprint density at radius 3 is 2.07 bits per heavy atom. The van der Waals surface area contributed by atoms with E-state index in [1.165, 1.54) is 88.4 Å². The van der Waals surface area contributed by atoms with Crippen molar-refractivity contribution in [1.82, 2.24) is 4.98 Å². The molecule has 0 radical (unpaired) electrons. The molecule has 1 aromatic heterocycles. The van der Waals surface area contributed by atoms with Crippen molar-refractivity contribution in [3.05, 3.63) is 23.2 Å². The molecular formula is C23H38N2O3S. The summed E-state index contributed by atoms with van der Waals surface area (Å²) in [4.78, 5) is 26.5. The van der Waals surface area contributed by atoms with Crippen molar-refractivity contribution in [2.24, 2.45) is 0 Å². The first-order valence-corrected chi connectivity index (χ1v) is 12.1. The van der Waals surface area contributed by atoms with Gasteiger partial charge in [0.25, 0.3) is 0 Å². The molecule has 0 aromatic carbocycles. The Labute approximate surface area is 180 Å². The fourth-order valence-electron chi connectivity index (χ4n) is 3.22. The van der Waals surface area contributed by atoms with Crippen LogP contribution in [0.1, 0.15) is 103 Å². The molecule has 1 rings (SSSR count). The number of hydrogen-bond acceptors (Lipinski definition) is 4. The van der Waals surface area contributed by atoms with Gasteiger partial charge in [-0.3, -0.25) is 14.9 Å². The molecule has 29 heavy (non-hydrogen) atoms. The number of carbonyl (C=O) groups is 2. The van der Waals surface area contributed by atoms with Gasteiger partial charge in [-0.25, -0.2) is 4.98 Å². The second-order valence-electron chi connectivity index (χ2n) is 7.64. The smallest absolute Gasteiger partial charge is 0.309 e. The molecule has 0 saturated carbocycles. The van der Waals surface area contributed by atoms with Crippen LogP contribution in [0.15, 0.2) is 17.5 Å². The standard InChI is InChI=1S/C23H38N2O3S/c1-2-3-4-5-6-7-8-9-10-11-12-13-14-15-16-17-21(26)25-23-24-20(19-29-23)18-22(27)28/h16-17,19H,2-15,18H2,1H3,(H,27,28)(H,24,25,26). The zero-order valence-corrected chi connectivity index (χ0v) is 18.8. The number of rotatable bonds is 18. The highest BCUT2D eigenvalue weighted by Crippen LogP contribution is 2.16. The fraction of sp³-hybridized carbons (Fsp3) is 0.696. The zero-order chi connectivity index (χ0) is 21.2. The summed E-state index contributed by atoms with van der Waals surface area (Å²) in [6.07, 6.45) is 21.6. The molecule has 0 bridgehead atoms. The van der Waals surface area contributed by atoms with E-state index in [1.54, 1.807) is 11.5 Å². The number of carboxylic acid groups (broad SMARTS) is 1. The molecule has 1 amide bonds. The first kappa shape index (κ1) is 25.3. The van der Waals surface area contributed by atoms with Gasteiger partial charge in [-0.05, 0) is 18.9 Å². The van der Waals surface area contributed by atoms with E-state index in [9.17, 15) is 9.59 Å². The number of aromatic nitrogens is 1. The average Bonchev–Trinajstić information content (AvgIpc) is 3.10. The Bertz CT molecular complexity index is 599. The second kappa shape index (κ2) is 17.2. The molecule has 164 valence electrons. The van der Waals surface area contributed by atoms with Crippen molar-refractivity contribution in [3.8, 4) is 0 Å². The molecule has 5 nitrogen and oxygen atoms in total. The van der Waals surface area contributed by atoms with Gasteiger partial charge in [0.15, 0.2) is 5.13 Å². The number of nitrogens with zero attached hydrogens (tertiary/aromatic N) is 1. The summed E-state index contributed by atoms with van der Waals surface area (Å²) in [7, 11) is 0. The third-order valence-corrected chi connectivity index (χ3v) is 5.66. The average molecular weight is 423 g/mol. The highest BCUT2D eigenvalue weighted by atomic mass is 32.1. The van der Waals surface area contributed by atoms with Gasteiger partial charge in [-0.1, -0.05) is 90.0 Å². The minimum absolute atomic E-state index is 0.124. The molecular weight excluding hydrogens is 384 g/mol. The van der Waals surface area contributed by atoms with Gasteiger partial charge in [0, 0.05) is 5.38 Å². The summed E-state index contributed by atoms with van der Waals surface area (Å²) >= 11 is 1.24. The number of amides is 1. The molecule has 1 heterocycles. The van der Waals surface area contributed by atoms with Crippen molar-refractivity contribution in [3.63, 3.8) is 0 Å². The van der Waals surface area contributed by atoms with Crippen molar-refractivity contribution in [2.45, 2.75) is 103 Å². The number of thiazole rings is 1. The van der Waals surface area contributed by atoms with E-state index in [4.69, 9.17) is 5.11 Å². The number of carbonyl (C=O) groups excluding carboxylic acids is 1. The number of hydrogen-bond donors (Lipinski definition) is 2. The molecule has 0 unspecified atom stereocenters. The van der Waals surface area contributed by atoms with Crippen LogP contribution in [0.3, 0.4) is 0 Å². The number of unbranched alkanes of at least 4 members (excludes halogenated alkanes) is 13. The van der Waals surface area contributed by atoms with Gasteiger partial charge in [0.05, 0.1) is 12.1 Å². The highest BCUT2D eigenvalue weighted by molar-refractivity contribution is 7.14. The SMILES string of the molecule is CCCCCCCCCCCCCCCC=CC(=O)Nc1nc(CC(=O)O)cs1. The van der Waals surface area contributed by atoms with Crippen LogP contribution in [-0.2, 0) is 16.0 Å². The van der Waals surface area contributed by atoms with Crippen molar-refractivity contribution in [1.29, 1.82) is 0 Å². The van der Waals surface area contributed by atoms with E-state index in [0.717, 1.165) is 12.8 Å². The summed E-state index contributed by atoms with van der Waals surface area (Å²) in [5.74, 6) is -1.14. The maximum absolute atomic E-state index is 11.8. The molecule has 0 aliphatic carbocycles. The van der Waals surface area contributed by atoms with Crippen LogP contribution in [0.2, 0.25) is 0 Å². The summed E-state index contributed by atoms with van der Waals surface area (Å²) in [5, 5.41) is 13.5. The third kappa shape index (κ3) is 14.9. The van der Waals surface area contributed by atoms with Gasteiger partial charge >= 0.3 is 5.97 Å². The Kier molecular flexibility index (Phi) is 15.0. The lowest BCUT2D eigenvalue weighted by Gasteiger charge is -2.02. The van der Waals surface area contributed by atoms with Crippen LogP contribution >= 0.6 is 11.3 Å². The normalized spacial score (nSPS) is 11.2. The molecule has 1 aromatic rings. The Balaban J connectivity index is 1.92. The number of anilines is 1. The van der Waals surface area contributed by atoms with Crippen LogP contribution in [0.25, 0.3) is 0 Å². The molecule has 6 heteroatoms. The summed E-state index contributed by atoms with van der Waals surface area (Å²) in [6.45, 7) is 2.26. The topological polar surface area (TPSA) is 79.3 Å². The van der Waals surface area contributed by atoms with Gasteiger partial charge in [0.2, 0.25) is 5.91 Å². The Morgan fingerprint density at radius 2 is 1.52 bits per heavy atom. The predicted octanol–water partition coefficient (Wildman–Crippen LogP) is 6.75. The van der Waals surface area contributed by atoms with E-state index in [2.05, 4.69) is 17.2 Å². The maximum Gasteiger partial charge on any atom is 0.309 e. The molecule has 2 N–H and O–H groups in total. The van der Waals surface area contributed by atoms with Crippen LogP contribution in [0.4, 0.5) is 5.13 Å². The van der Waals surface area contributed by atoms with Crippen LogP contribution < -0.4 is 5.32 Å². The van der Waals surface area contributed by atoms with Gasteiger partial charge in [-0.2, -0.15) is 0 Å². The zero-order valence-electron chi connectivity index (χ0n) is 18.0. The van der Waals surface area contributed by atoms with Crippen LogP contribution in [0, 0.1) is 0 Å². The minimum Gasteiger partial charge on any atom is -0.481 e. The molecule has 0 spiro atoms. The second-order valence-corrected chi connectivity index (χ2v) is 8.50. The molecule has 0 saturated heterocycles. The number of nitrogens with one attached hydrogen (secondary N) is 1. The lowest BCUT2D eigenvalue weighted by atomic mass is 10.0. The lowest BCUT2D eigenvalue weighted by molar-refractivity contribution is -0.136. The maximum atomic E-state index is 11.8. The van der Waals surface area contributed by atoms with Crippen molar-refractivity contribution < 1.29 is 14.7 Å². The summed E-state index contributed by atoms with van der Waals surface area (Å²) in [6, 6.07) is 0. The van der Waals surface area contributed by atoms with E-state index in [-0.39, 0.29) is 12.3 Å². The van der Waals surface area contributed by atoms with E-state index < -0.39 is 5.97 Å². The predicted molar refractivity (Wildman–Crippen MR) is 122 cm³/mol. The number of allylic oxidation sites excluding steroid dienone is 1. The first-order valence-electron chi connectivity index (χ1n) is 11.3. The first-order chi connectivity index (χ1) is 14.1.